The molecule has 0 aromatic heterocycles. The lowest BCUT2D eigenvalue weighted by molar-refractivity contribution is -0.0885. The van der Waals surface area contributed by atoms with E-state index in [4.69, 9.17) is 4.74 Å². The molecule has 1 N–H and O–H groups in total. The van der Waals surface area contributed by atoms with Crippen LogP contribution in [0.4, 0.5) is 8.78 Å². The fourth-order valence-electron chi connectivity index (χ4n) is 1.99. The summed E-state index contributed by atoms with van der Waals surface area (Å²) in [6, 6.07) is -0.636. The summed E-state index contributed by atoms with van der Waals surface area (Å²) >= 11 is 0. The van der Waals surface area contributed by atoms with Gasteiger partial charge < -0.3 is 10.1 Å². The Labute approximate surface area is 84.0 Å². The summed E-state index contributed by atoms with van der Waals surface area (Å²) in [6.45, 7) is 4.15. The van der Waals surface area contributed by atoms with Crippen molar-refractivity contribution in [2.45, 2.75) is 44.7 Å². The minimum atomic E-state index is -2.57. The van der Waals surface area contributed by atoms with E-state index in [0.29, 0.717) is 13.0 Å². The van der Waals surface area contributed by atoms with Gasteiger partial charge in [0.25, 0.3) is 5.92 Å². The third-order valence-corrected chi connectivity index (χ3v) is 2.73. The molecule has 84 valence electrons. The number of halogens is 2. The quantitative estimate of drug-likeness (QED) is 0.764. The Morgan fingerprint density at radius 2 is 2.14 bits per heavy atom. The molecule has 2 unspecified atom stereocenters. The second kappa shape index (κ2) is 4.53. The summed E-state index contributed by atoms with van der Waals surface area (Å²) in [6.07, 6.45) is 0.459. The molecule has 0 bridgehead atoms. The number of hydrogen-bond donors (Lipinski definition) is 1. The summed E-state index contributed by atoms with van der Waals surface area (Å²) in [5, 5.41) is 2.97. The summed E-state index contributed by atoms with van der Waals surface area (Å²) in [5.41, 5.74) is 0. The number of rotatable bonds is 3. The van der Waals surface area contributed by atoms with Crippen molar-refractivity contribution < 1.29 is 13.5 Å². The van der Waals surface area contributed by atoms with Gasteiger partial charge in [0.1, 0.15) is 0 Å². The van der Waals surface area contributed by atoms with Gasteiger partial charge in [-0.1, -0.05) is 13.8 Å². The molecule has 0 spiro atoms. The van der Waals surface area contributed by atoms with E-state index in [0.717, 1.165) is 0 Å². The predicted octanol–water partition coefficient (Wildman–Crippen LogP) is 2.04. The van der Waals surface area contributed by atoms with Crippen LogP contribution in [0.3, 0.4) is 0 Å². The maximum absolute atomic E-state index is 13.4. The Morgan fingerprint density at radius 3 is 2.64 bits per heavy atom. The lowest BCUT2D eigenvalue weighted by atomic mass is 9.88. The van der Waals surface area contributed by atoms with E-state index in [1.54, 1.807) is 7.11 Å². The zero-order chi connectivity index (χ0) is 10.8. The van der Waals surface area contributed by atoms with Crippen LogP contribution in [0.5, 0.6) is 0 Å². The van der Waals surface area contributed by atoms with Crippen molar-refractivity contribution in [1.82, 2.24) is 5.32 Å². The highest BCUT2D eigenvalue weighted by molar-refractivity contribution is 4.93. The van der Waals surface area contributed by atoms with Crippen molar-refractivity contribution in [3.8, 4) is 0 Å². The average molecular weight is 207 g/mol. The van der Waals surface area contributed by atoms with Crippen molar-refractivity contribution in [3.05, 3.63) is 0 Å². The summed E-state index contributed by atoms with van der Waals surface area (Å²) in [7, 11) is 1.60. The van der Waals surface area contributed by atoms with Crippen LogP contribution >= 0.6 is 0 Å². The van der Waals surface area contributed by atoms with Crippen LogP contribution in [0.15, 0.2) is 0 Å². The molecule has 4 heteroatoms. The molecule has 0 radical (unpaired) electrons. The zero-order valence-corrected chi connectivity index (χ0v) is 9.02. The number of ether oxygens (including phenoxy) is 1. The van der Waals surface area contributed by atoms with E-state index in [1.807, 2.05) is 13.8 Å². The van der Waals surface area contributed by atoms with Crippen molar-refractivity contribution >= 4 is 0 Å². The summed E-state index contributed by atoms with van der Waals surface area (Å²) in [4.78, 5) is 0. The predicted molar refractivity (Wildman–Crippen MR) is 51.6 cm³/mol. The van der Waals surface area contributed by atoms with Crippen LogP contribution in [0.1, 0.15) is 26.7 Å². The van der Waals surface area contributed by atoms with E-state index in [-0.39, 0.29) is 18.4 Å². The van der Waals surface area contributed by atoms with E-state index >= 15 is 0 Å². The highest BCUT2D eigenvalue weighted by Gasteiger charge is 2.45. The Kier molecular flexibility index (Phi) is 3.84. The lowest BCUT2D eigenvalue weighted by Crippen LogP contribution is -2.57. The molecule has 0 aliphatic carbocycles. The average Bonchev–Trinajstić information content (AvgIpc) is 2.08. The van der Waals surface area contributed by atoms with E-state index in [9.17, 15) is 8.78 Å². The topological polar surface area (TPSA) is 21.3 Å². The van der Waals surface area contributed by atoms with E-state index in [1.165, 1.54) is 0 Å². The number of methoxy groups -OCH3 is 1. The molecule has 1 saturated heterocycles. The number of nitrogens with one attached hydrogen (secondary N) is 1. The highest BCUT2D eigenvalue weighted by atomic mass is 19.3. The van der Waals surface area contributed by atoms with Gasteiger partial charge in [0.2, 0.25) is 0 Å². The summed E-state index contributed by atoms with van der Waals surface area (Å²) < 4.78 is 31.8. The molecular formula is C10H19F2NO. The number of piperidine rings is 1. The van der Waals surface area contributed by atoms with Gasteiger partial charge >= 0.3 is 0 Å². The first-order valence-electron chi connectivity index (χ1n) is 5.10. The molecule has 0 saturated carbocycles. The van der Waals surface area contributed by atoms with Gasteiger partial charge in [-0.3, -0.25) is 0 Å². The van der Waals surface area contributed by atoms with Gasteiger partial charge in [0.15, 0.2) is 0 Å². The van der Waals surface area contributed by atoms with Gasteiger partial charge in [-0.15, -0.1) is 0 Å². The molecule has 1 aliphatic rings. The molecule has 14 heavy (non-hydrogen) atoms. The van der Waals surface area contributed by atoms with Crippen LogP contribution in [0, 0.1) is 5.92 Å². The van der Waals surface area contributed by atoms with Crippen LogP contribution in [0.2, 0.25) is 0 Å². The molecule has 2 atom stereocenters. The van der Waals surface area contributed by atoms with Gasteiger partial charge in [-0.25, -0.2) is 8.78 Å². The minimum absolute atomic E-state index is 0.0309. The largest absolute Gasteiger partial charge is 0.383 e. The monoisotopic (exact) mass is 207 g/mol. The molecule has 0 aromatic rings. The Bertz CT molecular complexity index is 185. The minimum Gasteiger partial charge on any atom is -0.383 e. The fourth-order valence-corrected chi connectivity index (χ4v) is 1.99. The third-order valence-electron chi connectivity index (χ3n) is 2.73. The standard InChI is InChI=1S/C10H19F2NO/c1-7(2)9-10(11,12)5-4-8(13-9)6-14-3/h7-9,13H,4-6H2,1-3H3. The molecule has 0 amide bonds. The molecule has 1 heterocycles. The maximum Gasteiger partial charge on any atom is 0.263 e. The molecule has 1 aliphatic heterocycles. The van der Waals surface area contributed by atoms with E-state index in [2.05, 4.69) is 5.32 Å². The SMILES string of the molecule is COCC1CCC(F)(F)C(C(C)C)N1. The van der Waals surface area contributed by atoms with Crippen molar-refractivity contribution in [2.75, 3.05) is 13.7 Å². The summed E-state index contributed by atoms with van der Waals surface area (Å²) in [5.74, 6) is -2.62. The van der Waals surface area contributed by atoms with Gasteiger partial charge in [0, 0.05) is 19.6 Å². The fraction of sp³-hybridized carbons (Fsp3) is 1.00. The highest BCUT2D eigenvalue weighted by Crippen LogP contribution is 2.33. The Hall–Kier alpha value is -0.220. The van der Waals surface area contributed by atoms with Crippen LogP contribution in [-0.2, 0) is 4.74 Å². The number of alkyl halides is 2. The molecule has 1 fully saturated rings. The van der Waals surface area contributed by atoms with Crippen molar-refractivity contribution in [1.29, 1.82) is 0 Å². The molecule has 0 aromatic carbocycles. The second-order valence-electron chi connectivity index (χ2n) is 4.34. The van der Waals surface area contributed by atoms with E-state index < -0.39 is 12.0 Å². The van der Waals surface area contributed by atoms with Gasteiger partial charge in [-0.2, -0.15) is 0 Å². The van der Waals surface area contributed by atoms with Crippen molar-refractivity contribution in [3.63, 3.8) is 0 Å². The molecule has 1 rings (SSSR count). The van der Waals surface area contributed by atoms with Crippen LogP contribution in [-0.4, -0.2) is 31.7 Å². The second-order valence-corrected chi connectivity index (χ2v) is 4.34. The molecular weight excluding hydrogens is 188 g/mol. The Morgan fingerprint density at radius 1 is 1.50 bits per heavy atom. The zero-order valence-electron chi connectivity index (χ0n) is 9.02. The smallest absolute Gasteiger partial charge is 0.263 e. The Balaban J connectivity index is 2.58. The number of hydrogen-bond acceptors (Lipinski definition) is 2. The van der Waals surface area contributed by atoms with Crippen LogP contribution < -0.4 is 5.32 Å². The third kappa shape index (κ3) is 2.64. The maximum atomic E-state index is 13.4. The molecule has 2 nitrogen and oxygen atoms in total. The van der Waals surface area contributed by atoms with Gasteiger partial charge in [-0.05, 0) is 12.3 Å². The first-order chi connectivity index (χ1) is 6.47. The normalized spacial score (nSPS) is 32.1. The van der Waals surface area contributed by atoms with Crippen LogP contribution in [0.25, 0.3) is 0 Å². The lowest BCUT2D eigenvalue weighted by Gasteiger charge is -2.39. The van der Waals surface area contributed by atoms with Crippen molar-refractivity contribution in [2.24, 2.45) is 5.92 Å². The first kappa shape index (κ1) is 11.9. The first-order valence-corrected chi connectivity index (χ1v) is 5.10. The van der Waals surface area contributed by atoms with Gasteiger partial charge in [0.05, 0.1) is 12.6 Å².